The van der Waals surface area contributed by atoms with Gasteiger partial charge in [0.25, 0.3) is 6.71 Å². The Morgan fingerprint density at radius 1 is 0.443 bits per heavy atom. The molecular weight excluding hydrogens is 866 g/mol. The Bertz CT molecular complexity index is 3600. The zero-order valence-corrected chi connectivity index (χ0v) is 43.3. The molecule has 0 amide bonds. The first kappa shape index (κ1) is 43.5. The van der Waals surface area contributed by atoms with Crippen molar-refractivity contribution in [1.82, 2.24) is 0 Å². The summed E-state index contributed by atoms with van der Waals surface area (Å²) in [6, 6.07) is 60.6. The molecule has 0 N–H and O–H groups in total. The molecular formula is C65H62BN3S. The SMILES string of the molecule is Cc1cc2c3c(c1)N(c1cccc4sc5ccccc5c14)c1cc(N(c4ccccc4)c4ccccc4)ccc1B3c1cc3c(cc1N2c1cc2c(cc1C)C(C)(C)CC2(C)C)C(C)(C)CCC3(C)C. The normalized spacial score (nSPS) is 17.5. The second kappa shape index (κ2) is 15.0. The minimum atomic E-state index is -0.00582. The van der Waals surface area contributed by atoms with Crippen LogP contribution in [0.4, 0.5) is 51.2 Å². The lowest BCUT2D eigenvalue weighted by Gasteiger charge is -2.48. The summed E-state index contributed by atoms with van der Waals surface area (Å²) in [7, 11) is 0. The van der Waals surface area contributed by atoms with Crippen molar-refractivity contribution in [3.8, 4) is 0 Å². The molecule has 0 spiro atoms. The van der Waals surface area contributed by atoms with Gasteiger partial charge in [0.15, 0.2) is 0 Å². The minimum Gasteiger partial charge on any atom is -0.311 e. The summed E-state index contributed by atoms with van der Waals surface area (Å²) in [6.45, 7) is 24.4. The molecule has 9 aromatic rings. The molecule has 346 valence electrons. The van der Waals surface area contributed by atoms with Crippen molar-refractivity contribution in [3.05, 3.63) is 191 Å². The van der Waals surface area contributed by atoms with Crippen LogP contribution in [0, 0.1) is 13.8 Å². The molecule has 4 aliphatic rings. The molecule has 2 aliphatic carbocycles. The van der Waals surface area contributed by atoms with Gasteiger partial charge in [-0.15, -0.1) is 11.3 Å². The lowest BCUT2D eigenvalue weighted by Crippen LogP contribution is -2.62. The van der Waals surface area contributed by atoms with E-state index in [-0.39, 0.29) is 28.4 Å². The van der Waals surface area contributed by atoms with Gasteiger partial charge in [-0.3, -0.25) is 0 Å². The maximum Gasteiger partial charge on any atom is 0.252 e. The van der Waals surface area contributed by atoms with Crippen LogP contribution < -0.4 is 31.1 Å². The van der Waals surface area contributed by atoms with E-state index in [0.717, 1.165) is 29.9 Å². The third kappa shape index (κ3) is 6.32. The fourth-order valence-corrected chi connectivity index (χ4v) is 14.9. The highest BCUT2D eigenvalue weighted by molar-refractivity contribution is 7.26. The Balaban J connectivity index is 1.16. The molecule has 0 fully saturated rings. The van der Waals surface area contributed by atoms with Crippen molar-refractivity contribution in [1.29, 1.82) is 0 Å². The van der Waals surface area contributed by atoms with Gasteiger partial charge in [0.05, 0.1) is 5.69 Å². The van der Waals surface area contributed by atoms with E-state index in [0.29, 0.717) is 0 Å². The van der Waals surface area contributed by atoms with E-state index < -0.39 is 0 Å². The first-order chi connectivity index (χ1) is 33.5. The summed E-state index contributed by atoms with van der Waals surface area (Å²) in [5, 5.41) is 2.61. The Hall–Kier alpha value is -6.56. The minimum absolute atomic E-state index is 0.00582. The van der Waals surface area contributed by atoms with Gasteiger partial charge in [-0.1, -0.05) is 134 Å². The number of hydrogen-bond acceptors (Lipinski definition) is 4. The van der Waals surface area contributed by atoms with E-state index in [1.54, 1.807) is 0 Å². The smallest absolute Gasteiger partial charge is 0.252 e. The quantitative estimate of drug-likeness (QED) is 0.159. The number of hydrogen-bond donors (Lipinski definition) is 0. The maximum atomic E-state index is 2.72. The predicted octanol–water partition coefficient (Wildman–Crippen LogP) is 16.5. The third-order valence-electron chi connectivity index (χ3n) is 17.0. The van der Waals surface area contributed by atoms with Crippen molar-refractivity contribution in [2.45, 2.75) is 110 Å². The molecule has 0 bridgehead atoms. The van der Waals surface area contributed by atoms with Gasteiger partial charge in [0, 0.05) is 65.7 Å². The maximum absolute atomic E-state index is 2.72. The van der Waals surface area contributed by atoms with Crippen molar-refractivity contribution < 1.29 is 0 Å². The van der Waals surface area contributed by atoms with Crippen LogP contribution >= 0.6 is 11.3 Å². The van der Waals surface area contributed by atoms with Crippen molar-refractivity contribution in [3.63, 3.8) is 0 Å². The highest BCUT2D eigenvalue weighted by atomic mass is 32.1. The lowest BCUT2D eigenvalue weighted by atomic mass is 9.33. The number of aryl methyl sites for hydroxylation is 2. The average Bonchev–Trinajstić information content (AvgIpc) is 3.80. The lowest BCUT2D eigenvalue weighted by molar-refractivity contribution is 0.332. The molecule has 0 unspecified atom stereocenters. The molecule has 5 heteroatoms. The summed E-state index contributed by atoms with van der Waals surface area (Å²) in [5.74, 6) is 0. The molecule has 0 radical (unpaired) electrons. The van der Waals surface area contributed by atoms with Gasteiger partial charge >= 0.3 is 0 Å². The molecule has 3 nitrogen and oxygen atoms in total. The van der Waals surface area contributed by atoms with E-state index in [2.05, 4.69) is 242 Å². The molecule has 2 aliphatic heterocycles. The van der Waals surface area contributed by atoms with E-state index in [1.165, 1.54) is 110 Å². The number of nitrogens with zero attached hydrogens (tertiary/aromatic N) is 3. The molecule has 0 saturated carbocycles. The predicted molar refractivity (Wildman–Crippen MR) is 303 cm³/mol. The van der Waals surface area contributed by atoms with Gasteiger partial charge in [0.1, 0.15) is 0 Å². The Morgan fingerprint density at radius 2 is 0.986 bits per heavy atom. The molecule has 0 atom stereocenters. The molecule has 8 aromatic carbocycles. The largest absolute Gasteiger partial charge is 0.311 e. The van der Waals surface area contributed by atoms with Crippen molar-refractivity contribution in [2.75, 3.05) is 14.7 Å². The van der Waals surface area contributed by atoms with Crippen molar-refractivity contribution >= 4 is 106 Å². The number of anilines is 9. The Kier molecular flexibility index (Phi) is 9.30. The third-order valence-corrected chi connectivity index (χ3v) is 18.1. The summed E-state index contributed by atoms with van der Waals surface area (Å²) in [4.78, 5) is 7.80. The summed E-state index contributed by atoms with van der Waals surface area (Å²) >= 11 is 1.90. The molecule has 13 rings (SSSR count). The van der Waals surface area contributed by atoms with Crippen LogP contribution in [0.5, 0.6) is 0 Å². The van der Waals surface area contributed by atoms with E-state index >= 15 is 0 Å². The number of benzene rings is 8. The van der Waals surface area contributed by atoms with Crippen LogP contribution in [-0.4, -0.2) is 6.71 Å². The number of thiophene rings is 1. The Morgan fingerprint density at radius 3 is 1.66 bits per heavy atom. The van der Waals surface area contributed by atoms with Crippen LogP contribution in [0.1, 0.15) is 108 Å². The zero-order chi connectivity index (χ0) is 48.2. The van der Waals surface area contributed by atoms with E-state index in [4.69, 9.17) is 0 Å². The highest BCUT2D eigenvalue weighted by Gasteiger charge is 2.48. The van der Waals surface area contributed by atoms with E-state index in [1.807, 2.05) is 11.3 Å². The highest BCUT2D eigenvalue weighted by Crippen LogP contribution is 2.55. The number of rotatable bonds is 5. The summed E-state index contributed by atoms with van der Waals surface area (Å²) < 4.78 is 2.62. The van der Waals surface area contributed by atoms with Gasteiger partial charge in [-0.2, -0.15) is 0 Å². The standard InChI is InChI=1S/C65H62BN3S/c1-40-32-56-61-57(33-40)69(53-37-49-46(34-41(53)2)64(7,8)39-65(49,9)10)55-38-48-47(62(3,4)30-31-63(48,5)6)36-51(55)66(61)50-29-28-44(67(42-20-13-11-14-21-42)43-22-15-12-16-23-43)35-54(50)68(56)52-25-19-27-59-60(52)45-24-17-18-26-58(45)70-59/h11-29,32-38H,30-31,39H2,1-10H3. The molecule has 0 saturated heterocycles. The fourth-order valence-electron chi connectivity index (χ4n) is 13.7. The zero-order valence-electron chi connectivity index (χ0n) is 42.5. The topological polar surface area (TPSA) is 9.72 Å². The molecule has 3 heterocycles. The van der Waals surface area contributed by atoms with Crippen LogP contribution in [0.2, 0.25) is 0 Å². The summed E-state index contributed by atoms with van der Waals surface area (Å²) in [6.07, 6.45) is 3.46. The van der Waals surface area contributed by atoms with Gasteiger partial charge in [0.2, 0.25) is 0 Å². The summed E-state index contributed by atoms with van der Waals surface area (Å²) in [5.41, 5.74) is 23.9. The molecule has 70 heavy (non-hydrogen) atoms. The van der Waals surface area contributed by atoms with Gasteiger partial charge in [-0.05, 0) is 183 Å². The number of fused-ring (bicyclic) bond motifs is 9. The monoisotopic (exact) mass is 927 g/mol. The first-order valence-electron chi connectivity index (χ1n) is 25.5. The second-order valence-corrected chi connectivity index (χ2v) is 24.8. The van der Waals surface area contributed by atoms with Crippen LogP contribution in [0.25, 0.3) is 20.2 Å². The van der Waals surface area contributed by atoms with E-state index in [9.17, 15) is 0 Å². The molecule has 1 aromatic heterocycles. The average molecular weight is 928 g/mol. The van der Waals surface area contributed by atoms with Crippen LogP contribution in [0.15, 0.2) is 158 Å². The van der Waals surface area contributed by atoms with Gasteiger partial charge < -0.3 is 14.7 Å². The second-order valence-electron chi connectivity index (χ2n) is 23.7. The fraction of sp³-hybridized carbons (Fsp3) is 0.262. The first-order valence-corrected chi connectivity index (χ1v) is 26.4. The van der Waals surface area contributed by atoms with Gasteiger partial charge in [-0.25, -0.2) is 0 Å². The number of para-hydroxylation sites is 2. The van der Waals surface area contributed by atoms with Crippen molar-refractivity contribution in [2.24, 2.45) is 0 Å². The Labute approximate surface area is 419 Å². The van der Waals surface area contributed by atoms with Crippen LogP contribution in [-0.2, 0) is 21.7 Å². The van der Waals surface area contributed by atoms with Crippen LogP contribution in [0.3, 0.4) is 0 Å².